The summed E-state index contributed by atoms with van der Waals surface area (Å²) in [7, 11) is 0. The van der Waals surface area contributed by atoms with E-state index in [2.05, 4.69) is 0 Å². The highest BCUT2D eigenvalue weighted by molar-refractivity contribution is 4.40. The average molecular weight is 168 g/mol. The zero-order valence-corrected chi connectivity index (χ0v) is 7.20. The predicted octanol–water partition coefficient (Wildman–Crippen LogP) is -1.78. The zero-order valence-electron chi connectivity index (χ0n) is 7.20. The topological polar surface area (TPSA) is 113 Å². The molecule has 5 heteroatoms. The Balaban J connectivity index is -0.0000000933. The highest BCUT2D eigenvalue weighted by Gasteiger charge is 1.81. The Morgan fingerprint density at radius 3 is 1.09 bits per heavy atom. The van der Waals surface area contributed by atoms with Crippen LogP contribution in [-0.2, 0) is 0 Å². The number of hydrogen-bond donors (Lipinski definition) is 5. The van der Waals surface area contributed by atoms with Crippen molar-refractivity contribution in [3.05, 3.63) is 0 Å². The van der Waals surface area contributed by atoms with Gasteiger partial charge in [0, 0.05) is 13.2 Å². The van der Waals surface area contributed by atoms with Crippen LogP contribution in [0.2, 0.25) is 0 Å². The molecule has 0 aromatic heterocycles. The van der Waals surface area contributed by atoms with Crippen LogP contribution >= 0.6 is 0 Å². The van der Waals surface area contributed by atoms with E-state index in [0.717, 1.165) is 0 Å². The molecule has 5 nitrogen and oxygen atoms in total. The maximum absolute atomic E-state index is 7.89. The van der Waals surface area contributed by atoms with Crippen LogP contribution < -0.4 is 11.5 Å². The third-order valence-corrected chi connectivity index (χ3v) is 0.211. The first-order valence-corrected chi connectivity index (χ1v) is 3.44. The molecule has 11 heavy (non-hydrogen) atoms. The molecule has 0 bridgehead atoms. The van der Waals surface area contributed by atoms with Crippen LogP contribution in [0, 0.1) is 0 Å². The van der Waals surface area contributed by atoms with Crippen LogP contribution in [0.15, 0.2) is 0 Å². The monoisotopic (exact) mass is 168 g/mol. The van der Waals surface area contributed by atoms with Crippen LogP contribution in [0.5, 0.6) is 0 Å². The molecule has 0 rings (SSSR count). The Labute approximate surface area is 67.6 Å². The molecule has 0 aliphatic rings. The van der Waals surface area contributed by atoms with E-state index in [1.807, 2.05) is 0 Å². The Bertz CT molecular complexity index is 42.8. The van der Waals surface area contributed by atoms with E-state index in [-0.39, 0.29) is 19.8 Å². The van der Waals surface area contributed by atoms with Gasteiger partial charge in [-0.25, -0.2) is 0 Å². The lowest BCUT2D eigenvalue weighted by Crippen LogP contribution is -2.33. The van der Waals surface area contributed by atoms with Gasteiger partial charge in [-0.1, -0.05) is 0 Å². The van der Waals surface area contributed by atoms with Gasteiger partial charge >= 0.3 is 0 Å². The summed E-state index contributed by atoms with van der Waals surface area (Å²) in [5, 5.41) is 23.0. The average Bonchev–Trinajstić information content (AvgIpc) is 1.91. The molecule has 0 aromatic carbocycles. The van der Waals surface area contributed by atoms with E-state index in [0.29, 0.717) is 0 Å². The molecule has 0 amide bonds. The zero-order chi connectivity index (χ0) is 9.70. The summed E-state index contributed by atoms with van der Waals surface area (Å²) in [6.45, 7) is 3.72. The third-order valence-electron chi connectivity index (χ3n) is 0.211. The summed E-state index contributed by atoms with van der Waals surface area (Å²) in [6.07, 6.45) is -0.560. The lowest BCUT2D eigenvalue weighted by atomic mass is 10.6. The molecular weight excluding hydrogens is 148 g/mol. The summed E-state index contributed by atoms with van der Waals surface area (Å²) in [6, 6.07) is 0. The van der Waals surface area contributed by atoms with Crippen molar-refractivity contribution in [3.63, 3.8) is 0 Å². The SMILES string of the molecule is CCO.CCO.NC(N)CO. The largest absolute Gasteiger partial charge is 0.397 e. The molecule has 0 aliphatic heterocycles. The van der Waals surface area contributed by atoms with Crippen LogP contribution in [-0.4, -0.2) is 41.3 Å². The fourth-order valence-electron chi connectivity index (χ4n) is 0. The predicted molar refractivity (Wildman–Crippen MR) is 44.8 cm³/mol. The molecule has 0 saturated heterocycles. The van der Waals surface area contributed by atoms with Crippen molar-refractivity contribution in [2.75, 3.05) is 19.8 Å². The molecule has 0 unspecified atom stereocenters. The van der Waals surface area contributed by atoms with Gasteiger partial charge < -0.3 is 26.8 Å². The number of aliphatic hydroxyl groups excluding tert-OH is 3. The summed E-state index contributed by atoms with van der Waals surface area (Å²) >= 11 is 0. The maximum Gasteiger partial charge on any atom is 0.0759 e. The number of hydrogen-bond acceptors (Lipinski definition) is 5. The van der Waals surface area contributed by atoms with Gasteiger partial charge in [0.15, 0.2) is 0 Å². The van der Waals surface area contributed by atoms with E-state index >= 15 is 0 Å². The van der Waals surface area contributed by atoms with Crippen LogP contribution in [0.1, 0.15) is 13.8 Å². The maximum atomic E-state index is 7.89. The third kappa shape index (κ3) is 184. The van der Waals surface area contributed by atoms with E-state index < -0.39 is 6.17 Å². The molecule has 0 heterocycles. The van der Waals surface area contributed by atoms with Crippen molar-refractivity contribution in [2.45, 2.75) is 20.0 Å². The lowest BCUT2D eigenvalue weighted by molar-refractivity contribution is 0.268. The van der Waals surface area contributed by atoms with Crippen molar-refractivity contribution in [1.29, 1.82) is 0 Å². The second kappa shape index (κ2) is 22.6. The Hall–Kier alpha value is -0.200. The quantitative estimate of drug-likeness (QED) is 0.297. The summed E-state index contributed by atoms with van der Waals surface area (Å²) in [4.78, 5) is 0. The standard InChI is InChI=1S/C2H8N2O.2C2H6O/c3-2(4)1-5;2*1-2-3/h2,5H,1,3-4H2;2*3H,2H2,1H3. The molecule has 0 fully saturated rings. The van der Waals surface area contributed by atoms with Crippen molar-refractivity contribution in [3.8, 4) is 0 Å². The molecule has 0 aliphatic carbocycles. The molecule has 0 radical (unpaired) electrons. The fraction of sp³-hybridized carbons (Fsp3) is 1.00. The molecule has 0 aromatic rings. The second-order valence-corrected chi connectivity index (χ2v) is 1.48. The Morgan fingerprint density at radius 1 is 1.00 bits per heavy atom. The smallest absolute Gasteiger partial charge is 0.0759 e. The fourth-order valence-corrected chi connectivity index (χ4v) is 0. The molecule has 0 atom stereocenters. The Kier molecular flexibility index (Phi) is 35.0. The van der Waals surface area contributed by atoms with Gasteiger partial charge in [-0.05, 0) is 13.8 Å². The normalized spacial score (nSPS) is 7.64. The molecule has 7 N–H and O–H groups in total. The van der Waals surface area contributed by atoms with E-state index in [1.54, 1.807) is 13.8 Å². The van der Waals surface area contributed by atoms with Gasteiger partial charge in [0.2, 0.25) is 0 Å². The van der Waals surface area contributed by atoms with Gasteiger partial charge in [-0.3, -0.25) is 0 Å². The molecule has 72 valence electrons. The van der Waals surface area contributed by atoms with Gasteiger partial charge in [0.25, 0.3) is 0 Å². The first-order chi connectivity index (χ1) is 5.10. The Morgan fingerprint density at radius 2 is 1.09 bits per heavy atom. The van der Waals surface area contributed by atoms with Crippen LogP contribution in [0.4, 0.5) is 0 Å². The van der Waals surface area contributed by atoms with E-state index in [1.165, 1.54) is 0 Å². The summed E-state index contributed by atoms with van der Waals surface area (Å²) in [5.74, 6) is 0. The van der Waals surface area contributed by atoms with Gasteiger partial charge in [-0.2, -0.15) is 0 Å². The minimum Gasteiger partial charge on any atom is -0.397 e. The van der Waals surface area contributed by atoms with E-state index in [9.17, 15) is 0 Å². The highest BCUT2D eigenvalue weighted by atomic mass is 16.3. The minimum atomic E-state index is -0.560. The first-order valence-electron chi connectivity index (χ1n) is 3.44. The van der Waals surface area contributed by atoms with Crippen molar-refractivity contribution in [2.24, 2.45) is 11.5 Å². The first kappa shape index (κ1) is 17.0. The summed E-state index contributed by atoms with van der Waals surface area (Å²) in [5.41, 5.74) is 9.64. The molecular formula is C6H20N2O3. The van der Waals surface area contributed by atoms with Crippen molar-refractivity contribution < 1.29 is 15.3 Å². The van der Waals surface area contributed by atoms with Crippen molar-refractivity contribution >= 4 is 0 Å². The van der Waals surface area contributed by atoms with Gasteiger partial charge in [0.05, 0.1) is 12.8 Å². The number of nitrogens with two attached hydrogens (primary N) is 2. The number of aliphatic hydroxyl groups is 3. The minimum absolute atomic E-state index is 0.139. The highest BCUT2D eigenvalue weighted by Crippen LogP contribution is 1.49. The summed E-state index contributed by atoms with van der Waals surface area (Å²) < 4.78 is 0. The van der Waals surface area contributed by atoms with Gasteiger partial charge in [-0.15, -0.1) is 0 Å². The van der Waals surface area contributed by atoms with Crippen LogP contribution in [0.25, 0.3) is 0 Å². The van der Waals surface area contributed by atoms with E-state index in [4.69, 9.17) is 26.8 Å². The molecule has 0 saturated carbocycles. The van der Waals surface area contributed by atoms with Gasteiger partial charge in [0.1, 0.15) is 0 Å². The van der Waals surface area contributed by atoms with Crippen molar-refractivity contribution in [1.82, 2.24) is 0 Å². The lowest BCUT2D eigenvalue weighted by Gasteiger charge is -1.92. The molecule has 0 spiro atoms. The van der Waals surface area contributed by atoms with Crippen LogP contribution in [0.3, 0.4) is 0 Å². The second-order valence-electron chi connectivity index (χ2n) is 1.48. The number of rotatable bonds is 1.